The van der Waals surface area contributed by atoms with E-state index in [0.29, 0.717) is 12.0 Å². The van der Waals surface area contributed by atoms with Gasteiger partial charge in [-0.05, 0) is 59.7 Å². The van der Waals surface area contributed by atoms with Crippen molar-refractivity contribution in [2.75, 3.05) is 0 Å². The Balaban J connectivity index is 2.10. The minimum atomic E-state index is 0.333. The second-order valence-corrected chi connectivity index (χ2v) is 5.46. The highest BCUT2D eigenvalue weighted by Gasteiger charge is 2.24. The Kier molecular flexibility index (Phi) is 3.85. The molecule has 1 aromatic heterocycles. The molecule has 2 unspecified atom stereocenters. The molecule has 0 amide bonds. The highest BCUT2D eigenvalue weighted by Crippen LogP contribution is 2.31. The van der Waals surface area contributed by atoms with Crippen LogP contribution in [-0.2, 0) is 0 Å². The largest absolute Gasteiger partial charge is 0.473 e. The minimum absolute atomic E-state index is 0.333. The second-order valence-electron chi connectivity index (χ2n) is 4.67. The molecule has 0 aromatic carbocycles. The summed E-state index contributed by atoms with van der Waals surface area (Å²) in [5, 5.41) is 0. The van der Waals surface area contributed by atoms with Gasteiger partial charge in [-0.3, -0.25) is 0 Å². The van der Waals surface area contributed by atoms with Gasteiger partial charge in [-0.25, -0.2) is 4.98 Å². The molecule has 0 radical (unpaired) electrons. The summed E-state index contributed by atoms with van der Waals surface area (Å²) in [4.78, 5) is 4.30. The molecular weight excluding hydrogens is 266 g/mol. The van der Waals surface area contributed by atoms with Crippen molar-refractivity contribution < 1.29 is 4.74 Å². The first-order valence-electron chi connectivity index (χ1n) is 5.96. The maximum atomic E-state index is 6.02. The van der Waals surface area contributed by atoms with Crippen LogP contribution in [0, 0.1) is 12.8 Å². The molecule has 2 atom stereocenters. The van der Waals surface area contributed by atoms with Gasteiger partial charge < -0.3 is 4.74 Å². The van der Waals surface area contributed by atoms with Crippen molar-refractivity contribution in [3.05, 3.63) is 22.3 Å². The Morgan fingerprint density at radius 2 is 2.12 bits per heavy atom. The molecule has 0 aliphatic heterocycles. The van der Waals surface area contributed by atoms with Crippen LogP contribution < -0.4 is 4.74 Å². The first-order chi connectivity index (χ1) is 7.68. The Morgan fingerprint density at radius 3 is 2.88 bits per heavy atom. The van der Waals surface area contributed by atoms with E-state index in [4.69, 9.17) is 4.74 Å². The third-order valence-corrected chi connectivity index (χ3v) is 4.31. The molecule has 3 heteroatoms. The van der Waals surface area contributed by atoms with Gasteiger partial charge in [-0.2, -0.15) is 0 Å². The molecule has 88 valence electrons. The molecule has 1 heterocycles. The zero-order chi connectivity index (χ0) is 11.5. The number of hydrogen-bond donors (Lipinski definition) is 0. The lowest BCUT2D eigenvalue weighted by molar-refractivity contribution is 0.0966. The smallest absolute Gasteiger partial charge is 0.228 e. The van der Waals surface area contributed by atoms with E-state index in [1.54, 1.807) is 0 Å². The van der Waals surface area contributed by atoms with Crippen LogP contribution in [0.25, 0.3) is 0 Å². The molecule has 1 fully saturated rings. The fraction of sp³-hybridized carbons (Fsp3) is 0.615. The van der Waals surface area contributed by atoms with Gasteiger partial charge in [0.25, 0.3) is 0 Å². The average molecular weight is 284 g/mol. The van der Waals surface area contributed by atoms with Crippen LogP contribution in [0.1, 0.15) is 38.2 Å². The third kappa shape index (κ3) is 2.57. The summed E-state index contributed by atoms with van der Waals surface area (Å²) >= 11 is 3.54. The Bertz CT molecular complexity index is 367. The number of hydrogen-bond acceptors (Lipinski definition) is 2. The van der Waals surface area contributed by atoms with Crippen LogP contribution in [0.4, 0.5) is 0 Å². The average Bonchev–Trinajstić information content (AvgIpc) is 2.28. The first kappa shape index (κ1) is 11.9. The van der Waals surface area contributed by atoms with Gasteiger partial charge in [-0.1, -0.05) is 13.3 Å². The molecule has 1 aromatic rings. The normalized spacial score (nSPS) is 25.4. The summed E-state index contributed by atoms with van der Waals surface area (Å²) in [7, 11) is 0. The zero-order valence-corrected chi connectivity index (χ0v) is 11.5. The number of aryl methyl sites for hydroxylation is 1. The van der Waals surface area contributed by atoms with E-state index in [1.165, 1.54) is 24.8 Å². The number of halogens is 1. The molecule has 2 rings (SSSR count). The highest BCUT2D eigenvalue weighted by molar-refractivity contribution is 9.10. The van der Waals surface area contributed by atoms with Crippen LogP contribution in [0.5, 0.6) is 5.88 Å². The predicted octanol–water partition coefficient (Wildman–Crippen LogP) is 4.11. The van der Waals surface area contributed by atoms with Gasteiger partial charge in [0.05, 0.1) is 4.47 Å². The summed E-state index contributed by atoms with van der Waals surface area (Å²) in [6.45, 7) is 4.33. The molecule has 0 spiro atoms. The summed E-state index contributed by atoms with van der Waals surface area (Å²) in [6, 6.07) is 1.99. The van der Waals surface area contributed by atoms with E-state index in [1.807, 2.05) is 12.3 Å². The third-order valence-electron chi connectivity index (χ3n) is 3.35. The van der Waals surface area contributed by atoms with Gasteiger partial charge in [-0.15, -0.1) is 0 Å². The van der Waals surface area contributed by atoms with E-state index in [-0.39, 0.29) is 0 Å². The van der Waals surface area contributed by atoms with Crippen molar-refractivity contribution in [2.45, 2.75) is 45.6 Å². The molecule has 1 aliphatic rings. The van der Waals surface area contributed by atoms with Crippen LogP contribution in [0.3, 0.4) is 0 Å². The van der Waals surface area contributed by atoms with Crippen LogP contribution in [-0.4, -0.2) is 11.1 Å². The second kappa shape index (κ2) is 5.17. The van der Waals surface area contributed by atoms with Crippen LogP contribution >= 0.6 is 15.9 Å². The summed E-state index contributed by atoms with van der Waals surface area (Å²) in [6.07, 6.45) is 7.18. The van der Waals surface area contributed by atoms with Gasteiger partial charge in [0.1, 0.15) is 6.10 Å². The molecule has 1 saturated carbocycles. The topological polar surface area (TPSA) is 22.1 Å². The molecule has 0 saturated heterocycles. The number of aromatic nitrogens is 1. The Labute approximate surface area is 106 Å². The van der Waals surface area contributed by atoms with E-state index < -0.39 is 0 Å². The van der Waals surface area contributed by atoms with Gasteiger partial charge in [0, 0.05) is 6.20 Å². The van der Waals surface area contributed by atoms with E-state index in [0.717, 1.165) is 16.8 Å². The maximum absolute atomic E-state index is 6.02. The van der Waals surface area contributed by atoms with Crippen molar-refractivity contribution in [3.8, 4) is 5.88 Å². The lowest BCUT2D eigenvalue weighted by Gasteiger charge is -2.29. The monoisotopic (exact) mass is 283 g/mol. The molecule has 16 heavy (non-hydrogen) atoms. The van der Waals surface area contributed by atoms with Gasteiger partial charge in [0.15, 0.2) is 0 Å². The Morgan fingerprint density at radius 1 is 1.38 bits per heavy atom. The maximum Gasteiger partial charge on any atom is 0.228 e. The Hall–Kier alpha value is -0.570. The quantitative estimate of drug-likeness (QED) is 0.815. The summed E-state index contributed by atoms with van der Waals surface area (Å²) in [5.74, 6) is 1.39. The van der Waals surface area contributed by atoms with Crippen LogP contribution in [0.15, 0.2) is 16.7 Å². The van der Waals surface area contributed by atoms with Crippen molar-refractivity contribution in [1.82, 2.24) is 4.98 Å². The fourth-order valence-corrected chi connectivity index (χ4v) is 2.53. The minimum Gasteiger partial charge on any atom is -0.473 e. The standard InChI is InChI=1S/C13H18BrNO/c1-9-5-3-4-6-11(9)16-13-12(14)10(2)7-8-15-13/h7-9,11H,3-6H2,1-2H3. The van der Waals surface area contributed by atoms with Crippen LogP contribution in [0.2, 0.25) is 0 Å². The van der Waals surface area contributed by atoms with Gasteiger partial charge >= 0.3 is 0 Å². The van der Waals surface area contributed by atoms with Gasteiger partial charge in [0.2, 0.25) is 5.88 Å². The molecular formula is C13H18BrNO. The summed E-state index contributed by atoms with van der Waals surface area (Å²) < 4.78 is 7.01. The van der Waals surface area contributed by atoms with Crippen molar-refractivity contribution >= 4 is 15.9 Å². The number of rotatable bonds is 2. The molecule has 2 nitrogen and oxygen atoms in total. The first-order valence-corrected chi connectivity index (χ1v) is 6.75. The van der Waals surface area contributed by atoms with Crippen molar-refractivity contribution in [3.63, 3.8) is 0 Å². The predicted molar refractivity (Wildman–Crippen MR) is 68.7 cm³/mol. The zero-order valence-electron chi connectivity index (χ0n) is 9.87. The van der Waals surface area contributed by atoms with E-state index in [2.05, 4.69) is 34.8 Å². The summed E-state index contributed by atoms with van der Waals surface area (Å²) in [5.41, 5.74) is 1.17. The van der Waals surface area contributed by atoms with E-state index >= 15 is 0 Å². The lowest BCUT2D eigenvalue weighted by atomic mass is 9.88. The number of nitrogens with zero attached hydrogens (tertiary/aromatic N) is 1. The van der Waals surface area contributed by atoms with Crippen molar-refractivity contribution in [1.29, 1.82) is 0 Å². The molecule has 1 aliphatic carbocycles. The van der Waals surface area contributed by atoms with Crippen molar-refractivity contribution in [2.24, 2.45) is 5.92 Å². The highest BCUT2D eigenvalue weighted by atomic mass is 79.9. The molecule has 0 N–H and O–H groups in total. The van der Waals surface area contributed by atoms with E-state index in [9.17, 15) is 0 Å². The number of ether oxygens (including phenoxy) is 1. The lowest BCUT2D eigenvalue weighted by Crippen LogP contribution is -2.28. The number of pyridine rings is 1. The fourth-order valence-electron chi connectivity index (χ4n) is 2.20. The molecule has 0 bridgehead atoms. The SMILES string of the molecule is Cc1ccnc(OC2CCCCC2C)c1Br.